The summed E-state index contributed by atoms with van der Waals surface area (Å²) in [5, 5.41) is 8.68. The third kappa shape index (κ3) is 3.60. The second-order valence-electron chi connectivity index (χ2n) is 2.35. The average Bonchev–Trinajstić information content (AvgIpc) is 1.96. The van der Waals surface area contributed by atoms with Gasteiger partial charge < -0.3 is 9.94 Å². The molecule has 0 aromatic carbocycles. The van der Waals surface area contributed by atoms with Crippen LogP contribution in [0.4, 0.5) is 13.2 Å². The summed E-state index contributed by atoms with van der Waals surface area (Å²) in [6.45, 7) is 1.82. The first kappa shape index (κ1) is 12.7. The first-order valence-electron chi connectivity index (χ1n) is 3.43. The maximum Gasteiger partial charge on any atom is 0.493 e. The Bertz CT molecular complexity index is 238. The molecule has 1 N–H and O–H groups in total. The maximum atomic E-state index is 11.6. The van der Waals surface area contributed by atoms with Gasteiger partial charge in [0, 0.05) is 6.92 Å². The Labute approximate surface area is 77.0 Å². The Kier molecular flexibility index (Phi) is 3.87. The van der Waals surface area contributed by atoms with Crippen LogP contribution in [0.2, 0.25) is 0 Å². The molecule has 1 amide bonds. The lowest BCUT2D eigenvalue weighted by Crippen LogP contribution is -2.42. The number of hydrogen-bond donors (Lipinski definition) is 1. The van der Waals surface area contributed by atoms with Crippen LogP contribution in [-0.2, 0) is 14.4 Å². The summed E-state index contributed by atoms with van der Waals surface area (Å²) in [5.74, 6) is -3.58. The predicted octanol–water partition coefficient (Wildman–Crippen LogP) is 0.194. The van der Waals surface area contributed by atoms with E-state index < -0.39 is 24.3 Å². The Balaban J connectivity index is 4.48. The number of aliphatic hydroxyl groups excluding tert-OH is 1. The molecule has 1 unspecified atom stereocenters. The van der Waals surface area contributed by atoms with Crippen molar-refractivity contribution in [2.45, 2.75) is 26.3 Å². The number of rotatable bonds is 1. The smallest absolute Gasteiger partial charge is 0.370 e. The highest BCUT2D eigenvalue weighted by Gasteiger charge is 2.43. The molecular weight excluding hydrogens is 207 g/mol. The monoisotopic (exact) mass is 215 g/mol. The van der Waals surface area contributed by atoms with E-state index in [-0.39, 0.29) is 5.06 Å². The topological polar surface area (TPSA) is 66.8 Å². The molecule has 0 rings (SSSR count). The van der Waals surface area contributed by atoms with Gasteiger partial charge in [0.1, 0.15) is 0 Å². The van der Waals surface area contributed by atoms with Crippen LogP contribution < -0.4 is 0 Å². The Hall–Kier alpha value is -1.31. The van der Waals surface area contributed by atoms with Gasteiger partial charge in [-0.2, -0.15) is 13.2 Å². The number of halogens is 3. The highest BCUT2D eigenvalue weighted by atomic mass is 19.4. The van der Waals surface area contributed by atoms with Crippen LogP contribution in [0.5, 0.6) is 0 Å². The lowest BCUT2D eigenvalue weighted by molar-refractivity contribution is -0.257. The van der Waals surface area contributed by atoms with E-state index in [4.69, 9.17) is 5.11 Å². The molecule has 0 spiro atoms. The Morgan fingerprint density at radius 1 is 1.43 bits per heavy atom. The van der Waals surface area contributed by atoms with Crippen molar-refractivity contribution in [3.63, 3.8) is 0 Å². The van der Waals surface area contributed by atoms with Gasteiger partial charge in [-0.15, -0.1) is 5.06 Å². The number of alkyl halides is 3. The highest BCUT2D eigenvalue weighted by Crippen LogP contribution is 2.17. The lowest BCUT2D eigenvalue weighted by atomic mass is 10.6. The van der Waals surface area contributed by atoms with Gasteiger partial charge in [-0.25, -0.2) is 4.79 Å². The summed E-state index contributed by atoms with van der Waals surface area (Å²) in [6.07, 6.45) is -6.85. The third-order valence-corrected chi connectivity index (χ3v) is 1.06. The summed E-state index contributed by atoms with van der Waals surface area (Å²) >= 11 is 0. The van der Waals surface area contributed by atoms with E-state index in [1.807, 2.05) is 0 Å². The van der Waals surface area contributed by atoms with E-state index in [1.165, 1.54) is 0 Å². The van der Waals surface area contributed by atoms with Crippen LogP contribution in [0, 0.1) is 0 Å². The molecule has 0 aliphatic rings. The molecule has 0 aliphatic carbocycles. The molecule has 0 saturated heterocycles. The number of nitrogens with zero attached hydrogens (tertiary/aromatic N) is 1. The van der Waals surface area contributed by atoms with Crippen molar-refractivity contribution in [2.75, 3.05) is 0 Å². The average molecular weight is 215 g/mol. The number of carbonyl (C=O) groups excluding carboxylic acids is 2. The van der Waals surface area contributed by atoms with Crippen molar-refractivity contribution in [3.8, 4) is 0 Å². The SMILES string of the molecule is CC(=O)N(OC(=O)C(F)(F)F)C(C)O. The molecule has 14 heavy (non-hydrogen) atoms. The molecular formula is C6H8F3NO4. The number of aliphatic hydroxyl groups is 1. The van der Waals surface area contributed by atoms with Crippen LogP contribution in [0.1, 0.15) is 13.8 Å². The standard InChI is InChI=1S/C6H8F3NO4/c1-3(11)10(4(2)12)14-5(13)6(7,8)9/h3,11H,1-2H3. The van der Waals surface area contributed by atoms with Crippen molar-refractivity contribution in [3.05, 3.63) is 0 Å². The largest absolute Gasteiger partial charge is 0.493 e. The van der Waals surface area contributed by atoms with Gasteiger partial charge in [-0.05, 0) is 6.92 Å². The molecule has 5 nitrogen and oxygen atoms in total. The van der Waals surface area contributed by atoms with E-state index in [0.717, 1.165) is 13.8 Å². The molecule has 1 atom stereocenters. The number of hydrogen-bond acceptors (Lipinski definition) is 4. The first-order valence-corrected chi connectivity index (χ1v) is 3.43. The van der Waals surface area contributed by atoms with Gasteiger partial charge >= 0.3 is 12.1 Å². The molecule has 0 heterocycles. The van der Waals surface area contributed by atoms with E-state index >= 15 is 0 Å². The lowest BCUT2D eigenvalue weighted by Gasteiger charge is -2.22. The minimum absolute atomic E-state index is 0.0736. The van der Waals surface area contributed by atoms with Crippen molar-refractivity contribution in [2.24, 2.45) is 0 Å². The van der Waals surface area contributed by atoms with Gasteiger partial charge in [0.05, 0.1) is 0 Å². The zero-order chi connectivity index (χ0) is 11.5. The third-order valence-electron chi connectivity index (χ3n) is 1.06. The summed E-state index contributed by atoms with van der Waals surface area (Å²) in [4.78, 5) is 24.4. The molecule has 0 aliphatic heterocycles. The van der Waals surface area contributed by atoms with E-state index in [2.05, 4.69) is 4.84 Å². The zero-order valence-electron chi connectivity index (χ0n) is 7.33. The predicted molar refractivity (Wildman–Crippen MR) is 36.3 cm³/mol. The van der Waals surface area contributed by atoms with Crippen LogP contribution in [0.25, 0.3) is 0 Å². The van der Waals surface area contributed by atoms with Crippen LogP contribution in [-0.4, -0.2) is 34.5 Å². The summed E-state index contributed by atoms with van der Waals surface area (Å²) in [5.41, 5.74) is 0. The number of carbonyl (C=O) groups is 2. The van der Waals surface area contributed by atoms with Gasteiger partial charge in [-0.1, -0.05) is 0 Å². The Morgan fingerprint density at radius 2 is 1.86 bits per heavy atom. The molecule has 0 aromatic heterocycles. The summed E-state index contributed by atoms with van der Waals surface area (Å²) in [6, 6.07) is 0. The number of amides is 1. The molecule has 0 saturated carbocycles. The van der Waals surface area contributed by atoms with Crippen molar-refractivity contribution < 1.29 is 32.7 Å². The van der Waals surface area contributed by atoms with E-state index in [9.17, 15) is 22.8 Å². The number of hydroxylamine groups is 2. The van der Waals surface area contributed by atoms with Gasteiger partial charge in [-0.3, -0.25) is 4.79 Å². The van der Waals surface area contributed by atoms with Crippen molar-refractivity contribution in [1.29, 1.82) is 0 Å². The molecule has 0 fully saturated rings. The van der Waals surface area contributed by atoms with Crippen molar-refractivity contribution in [1.82, 2.24) is 5.06 Å². The summed E-state index contributed by atoms with van der Waals surface area (Å²) in [7, 11) is 0. The van der Waals surface area contributed by atoms with Crippen LogP contribution in [0.3, 0.4) is 0 Å². The second-order valence-corrected chi connectivity index (χ2v) is 2.35. The normalized spacial score (nSPS) is 13.3. The quantitative estimate of drug-likeness (QED) is 0.501. The van der Waals surface area contributed by atoms with Crippen molar-refractivity contribution >= 4 is 11.9 Å². The molecule has 0 radical (unpaired) electrons. The highest BCUT2D eigenvalue weighted by molar-refractivity contribution is 5.79. The minimum Gasteiger partial charge on any atom is -0.370 e. The minimum atomic E-state index is -5.21. The van der Waals surface area contributed by atoms with Gasteiger partial charge in [0.2, 0.25) is 0 Å². The van der Waals surface area contributed by atoms with Gasteiger partial charge in [0.25, 0.3) is 5.91 Å². The van der Waals surface area contributed by atoms with Crippen LogP contribution >= 0.6 is 0 Å². The molecule has 0 bridgehead atoms. The molecule has 0 aromatic rings. The Morgan fingerprint density at radius 3 is 2.07 bits per heavy atom. The molecule has 82 valence electrons. The fourth-order valence-corrected chi connectivity index (χ4v) is 0.545. The summed E-state index contributed by atoms with van der Waals surface area (Å²) < 4.78 is 34.9. The molecule has 8 heteroatoms. The van der Waals surface area contributed by atoms with Crippen LogP contribution in [0.15, 0.2) is 0 Å². The maximum absolute atomic E-state index is 11.6. The van der Waals surface area contributed by atoms with Gasteiger partial charge in [0.15, 0.2) is 6.23 Å². The second kappa shape index (κ2) is 4.27. The van der Waals surface area contributed by atoms with E-state index in [1.54, 1.807) is 0 Å². The first-order chi connectivity index (χ1) is 6.16. The fraction of sp³-hybridized carbons (Fsp3) is 0.667. The van der Waals surface area contributed by atoms with E-state index in [0.29, 0.717) is 0 Å². The zero-order valence-corrected chi connectivity index (χ0v) is 7.33. The fourth-order valence-electron chi connectivity index (χ4n) is 0.545.